The van der Waals surface area contributed by atoms with Gasteiger partial charge in [0.1, 0.15) is 0 Å². The first-order valence-corrected chi connectivity index (χ1v) is 8.94. The monoisotopic (exact) mass is 340 g/mol. The molecule has 136 valence electrons. The van der Waals surface area contributed by atoms with E-state index in [1.807, 2.05) is 36.4 Å². The highest BCUT2D eigenvalue weighted by atomic mass is 16.5. The number of hydrogen-bond acceptors (Lipinski definition) is 2. The molecule has 0 radical (unpaired) electrons. The number of rotatable bonds is 11. The predicted octanol–water partition coefficient (Wildman–Crippen LogP) is 6.69. The van der Waals surface area contributed by atoms with Gasteiger partial charge in [0.25, 0.3) is 0 Å². The van der Waals surface area contributed by atoms with Gasteiger partial charge in [-0.25, -0.2) is 4.79 Å². The Hall–Kier alpha value is -2.35. The molecule has 0 saturated carbocycles. The highest BCUT2D eigenvalue weighted by Gasteiger charge is 1.98. The van der Waals surface area contributed by atoms with E-state index in [4.69, 9.17) is 4.74 Å². The van der Waals surface area contributed by atoms with Crippen LogP contribution in [0.3, 0.4) is 0 Å². The van der Waals surface area contributed by atoms with Crippen LogP contribution in [0.5, 0.6) is 0 Å². The third-order valence-electron chi connectivity index (χ3n) is 3.73. The molecule has 1 rings (SSSR count). The Bertz CT molecular complexity index is 529. The van der Waals surface area contributed by atoms with E-state index < -0.39 is 0 Å². The molecular weight excluding hydrogens is 308 g/mol. The molecule has 1 aromatic rings. The molecule has 0 atom stereocenters. The van der Waals surface area contributed by atoms with E-state index in [1.165, 1.54) is 31.8 Å². The zero-order chi connectivity index (χ0) is 18.9. The molecule has 0 heterocycles. The van der Waals surface area contributed by atoms with E-state index in [-0.39, 0.29) is 5.97 Å². The van der Waals surface area contributed by atoms with Crippen LogP contribution < -0.4 is 0 Å². The van der Waals surface area contributed by atoms with Gasteiger partial charge < -0.3 is 4.74 Å². The normalized spacial score (nSPS) is 9.32. The lowest BCUT2D eigenvalue weighted by atomic mass is 10.0. The second kappa shape index (κ2) is 15.2. The molecule has 2 heteroatoms. The SMILES string of the molecule is C=CC(=O)OCCCCCCCC.C=Cc1cccc(C=C)c1C=C. The summed E-state index contributed by atoms with van der Waals surface area (Å²) >= 11 is 0. The van der Waals surface area contributed by atoms with Gasteiger partial charge in [-0.1, -0.05) is 102 Å². The lowest BCUT2D eigenvalue weighted by Gasteiger charge is -2.03. The number of unbranched alkanes of at least 4 members (excludes halogenated alkanes) is 5. The van der Waals surface area contributed by atoms with Gasteiger partial charge >= 0.3 is 5.97 Å². The third kappa shape index (κ3) is 10.2. The van der Waals surface area contributed by atoms with Crippen molar-refractivity contribution in [1.82, 2.24) is 0 Å². The van der Waals surface area contributed by atoms with Crippen LogP contribution in [0, 0.1) is 0 Å². The fourth-order valence-electron chi connectivity index (χ4n) is 2.31. The van der Waals surface area contributed by atoms with Gasteiger partial charge in [-0.2, -0.15) is 0 Å². The Labute approximate surface area is 153 Å². The molecule has 2 nitrogen and oxygen atoms in total. The summed E-state index contributed by atoms with van der Waals surface area (Å²) < 4.78 is 4.84. The van der Waals surface area contributed by atoms with Crippen molar-refractivity contribution < 1.29 is 9.53 Å². The zero-order valence-electron chi connectivity index (χ0n) is 15.6. The Balaban J connectivity index is 0.000000462. The van der Waals surface area contributed by atoms with E-state index in [0.717, 1.165) is 29.5 Å². The van der Waals surface area contributed by atoms with Gasteiger partial charge in [0.05, 0.1) is 6.61 Å². The minimum absolute atomic E-state index is 0.312. The standard InChI is InChI=1S/C12H12.C11H20O2/c1-4-10-8-7-9-11(5-2)12(10)6-3;1-3-5-6-7-8-9-10-13-11(12)4-2/h4-9H,1-3H2;4H,2-3,5-10H2,1H3. The van der Waals surface area contributed by atoms with Crippen molar-refractivity contribution in [2.75, 3.05) is 6.61 Å². The van der Waals surface area contributed by atoms with Crippen molar-refractivity contribution in [2.24, 2.45) is 0 Å². The van der Waals surface area contributed by atoms with Crippen LogP contribution in [0.4, 0.5) is 0 Å². The Kier molecular flexibility index (Phi) is 13.8. The number of benzene rings is 1. The summed E-state index contributed by atoms with van der Waals surface area (Å²) in [7, 11) is 0. The molecule has 0 saturated heterocycles. The summed E-state index contributed by atoms with van der Waals surface area (Å²) in [6.07, 6.45) is 13.9. The molecule has 25 heavy (non-hydrogen) atoms. The highest BCUT2D eigenvalue weighted by Crippen LogP contribution is 2.18. The second-order valence-corrected chi connectivity index (χ2v) is 5.60. The van der Waals surface area contributed by atoms with Gasteiger partial charge in [-0.15, -0.1) is 0 Å². The fourth-order valence-corrected chi connectivity index (χ4v) is 2.31. The van der Waals surface area contributed by atoms with Gasteiger partial charge in [-0.05, 0) is 23.1 Å². The van der Waals surface area contributed by atoms with Crippen LogP contribution in [-0.4, -0.2) is 12.6 Å². The second-order valence-electron chi connectivity index (χ2n) is 5.60. The van der Waals surface area contributed by atoms with Crippen molar-refractivity contribution in [3.8, 4) is 0 Å². The maximum Gasteiger partial charge on any atom is 0.330 e. The van der Waals surface area contributed by atoms with Gasteiger partial charge in [0, 0.05) is 6.08 Å². The molecule has 0 spiro atoms. The molecule has 0 amide bonds. The van der Waals surface area contributed by atoms with E-state index in [1.54, 1.807) is 0 Å². The fraction of sp³-hybridized carbons (Fsp3) is 0.348. The average Bonchev–Trinajstić information content (AvgIpc) is 2.66. The number of carbonyl (C=O) groups is 1. The largest absolute Gasteiger partial charge is 0.463 e. The molecule has 0 aliphatic heterocycles. The Morgan fingerprint density at radius 3 is 1.96 bits per heavy atom. The third-order valence-corrected chi connectivity index (χ3v) is 3.73. The van der Waals surface area contributed by atoms with Crippen LogP contribution in [0.1, 0.15) is 62.1 Å². The molecular formula is C23H32O2. The van der Waals surface area contributed by atoms with E-state index >= 15 is 0 Å². The van der Waals surface area contributed by atoms with Gasteiger partial charge in [0.2, 0.25) is 0 Å². The summed E-state index contributed by atoms with van der Waals surface area (Å²) in [6.45, 7) is 17.3. The van der Waals surface area contributed by atoms with Crippen molar-refractivity contribution >= 4 is 24.2 Å². The average molecular weight is 341 g/mol. The maximum atomic E-state index is 10.6. The van der Waals surface area contributed by atoms with Crippen LogP contribution >= 0.6 is 0 Å². The molecule has 0 fully saturated rings. The molecule has 0 aliphatic rings. The number of ether oxygens (including phenoxy) is 1. The first-order valence-electron chi connectivity index (χ1n) is 8.94. The van der Waals surface area contributed by atoms with Crippen LogP contribution in [-0.2, 0) is 9.53 Å². The van der Waals surface area contributed by atoms with Crippen molar-refractivity contribution in [3.05, 3.63) is 67.3 Å². The quantitative estimate of drug-likeness (QED) is 0.255. The van der Waals surface area contributed by atoms with Crippen molar-refractivity contribution in [2.45, 2.75) is 45.4 Å². The Morgan fingerprint density at radius 2 is 1.48 bits per heavy atom. The molecule has 0 unspecified atom stereocenters. The zero-order valence-corrected chi connectivity index (χ0v) is 15.6. The van der Waals surface area contributed by atoms with Crippen molar-refractivity contribution in [3.63, 3.8) is 0 Å². The van der Waals surface area contributed by atoms with E-state index in [9.17, 15) is 4.79 Å². The topological polar surface area (TPSA) is 26.3 Å². The minimum Gasteiger partial charge on any atom is -0.463 e. The molecule has 0 bridgehead atoms. The van der Waals surface area contributed by atoms with E-state index in [0.29, 0.717) is 6.61 Å². The van der Waals surface area contributed by atoms with Crippen molar-refractivity contribution in [1.29, 1.82) is 0 Å². The summed E-state index contributed by atoms with van der Waals surface area (Å²) in [5, 5.41) is 0. The maximum absolute atomic E-state index is 10.6. The predicted molar refractivity (Wildman–Crippen MR) is 111 cm³/mol. The summed E-state index contributed by atoms with van der Waals surface area (Å²) in [5.41, 5.74) is 3.30. The highest BCUT2D eigenvalue weighted by molar-refractivity contribution is 5.81. The smallest absolute Gasteiger partial charge is 0.330 e. The lowest BCUT2D eigenvalue weighted by molar-refractivity contribution is -0.137. The summed E-state index contributed by atoms with van der Waals surface area (Å²) in [4.78, 5) is 10.6. The van der Waals surface area contributed by atoms with Gasteiger partial charge in [-0.3, -0.25) is 0 Å². The van der Waals surface area contributed by atoms with Gasteiger partial charge in [0.15, 0.2) is 0 Å². The van der Waals surface area contributed by atoms with Crippen LogP contribution in [0.2, 0.25) is 0 Å². The molecule has 0 aromatic heterocycles. The molecule has 0 aliphatic carbocycles. The summed E-state index contributed by atoms with van der Waals surface area (Å²) in [6, 6.07) is 6.01. The first kappa shape index (κ1) is 22.7. The lowest BCUT2D eigenvalue weighted by Crippen LogP contribution is -2.01. The minimum atomic E-state index is -0.312. The van der Waals surface area contributed by atoms with Crippen LogP contribution in [0.15, 0.2) is 50.6 Å². The summed E-state index contributed by atoms with van der Waals surface area (Å²) in [5.74, 6) is -0.312. The first-order chi connectivity index (χ1) is 12.1. The molecule has 1 aromatic carbocycles. The number of esters is 1. The van der Waals surface area contributed by atoms with Crippen LogP contribution in [0.25, 0.3) is 18.2 Å². The molecule has 0 N–H and O–H groups in total. The Morgan fingerprint density at radius 1 is 0.920 bits per heavy atom. The number of hydrogen-bond donors (Lipinski definition) is 0. The number of carbonyl (C=O) groups excluding carboxylic acids is 1. The van der Waals surface area contributed by atoms with E-state index in [2.05, 4.69) is 33.2 Å².